The van der Waals surface area contributed by atoms with E-state index in [9.17, 15) is 9.22 Å². The molecule has 314 valence electrons. The molecule has 0 aliphatic carbocycles. The molecule has 5 heteroatoms. The molecule has 1 N–H and O–H groups in total. The molecule has 0 unspecified atom stereocenters. The first kappa shape index (κ1) is 25.2. The van der Waals surface area contributed by atoms with Crippen LogP contribution in [-0.2, 0) is 26.5 Å². The third kappa shape index (κ3) is 8.14. The van der Waals surface area contributed by atoms with E-state index in [0.29, 0.717) is 66.8 Å². The van der Waals surface area contributed by atoms with Crippen molar-refractivity contribution in [2.24, 2.45) is 0 Å². The van der Waals surface area contributed by atoms with Gasteiger partial charge in [0.2, 0.25) is 0 Å². The zero-order valence-electron chi connectivity index (χ0n) is 52.6. The number of aryl methyl sites for hydroxylation is 1. The molecule has 64 heavy (non-hydrogen) atoms. The molecular weight excluding hydrogens is 962 g/mol. The van der Waals surface area contributed by atoms with Gasteiger partial charge in [-0.15, -0.1) is 23.8 Å². The smallest absolute Gasteiger partial charge is 0.148 e. The summed E-state index contributed by atoms with van der Waals surface area (Å²) < 4.78 is 167. The van der Waals surface area contributed by atoms with Crippen LogP contribution in [0.25, 0.3) is 95.0 Å². The van der Waals surface area contributed by atoms with E-state index in [0.717, 1.165) is 0 Å². The van der Waals surface area contributed by atoms with Gasteiger partial charge in [-0.2, -0.15) is 0 Å². The summed E-state index contributed by atoms with van der Waals surface area (Å²) >= 11 is 0. The molecule has 0 fully saturated rings. The van der Waals surface area contributed by atoms with Crippen LogP contribution >= 0.6 is 0 Å². The van der Waals surface area contributed by atoms with Gasteiger partial charge in [0.05, 0.1) is 31.9 Å². The maximum Gasteiger partial charge on any atom is 0.148 e. The van der Waals surface area contributed by atoms with Crippen LogP contribution in [0.4, 0.5) is 0 Å². The third-order valence-corrected chi connectivity index (χ3v) is 10.7. The van der Waals surface area contributed by atoms with Gasteiger partial charge in [-0.3, -0.25) is 9.55 Å². The van der Waals surface area contributed by atoms with Gasteiger partial charge in [0, 0.05) is 54.9 Å². The molecule has 0 saturated heterocycles. The predicted octanol–water partition coefficient (Wildman–Crippen LogP) is 15.2. The number of aromatic hydroxyl groups is 1. The van der Waals surface area contributed by atoms with Crippen molar-refractivity contribution in [2.75, 3.05) is 0 Å². The van der Waals surface area contributed by atoms with Gasteiger partial charge in [0.25, 0.3) is 0 Å². The minimum Gasteiger partial charge on any atom is -0.507 e. The molecule has 10 rings (SSSR count). The van der Waals surface area contributed by atoms with Crippen molar-refractivity contribution in [3.05, 3.63) is 217 Å². The van der Waals surface area contributed by atoms with Gasteiger partial charge in [-0.05, 0) is 93.1 Å². The minimum absolute atomic E-state index is 0. The Bertz CT molecular complexity index is 4080. The molecule has 0 bridgehead atoms. The molecule has 0 radical (unpaired) electrons. The number of para-hydroxylation sites is 2. The van der Waals surface area contributed by atoms with Crippen molar-refractivity contribution in [3.8, 4) is 89.7 Å². The Morgan fingerprint density at radius 1 is 0.578 bits per heavy atom. The van der Waals surface area contributed by atoms with Crippen LogP contribution in [0, 0.1) is 12.9 Å². The van der Waals surface area contributed by atoms with Gasteiger partial charge < -0.3 is 5.11 Å². The number of imidazole rings is 1. The number of phenolic OH excluding ortho intramolecular Hbond substituents is 1. The van der Waals surface area contributed by atoms with E-state index in [1.165, 1.54) is 6.07 Å². The van der Waals surface area contributed by atoms with Crippen molar-refractivity contribution in [3.63, 3.8) is 0 Å². The van der Waals surface area contributed by atoms with Gasteiger partial charge in [-0.25, -0.2) is 4.98 Å². The molecule has 0 aliphatic rings. The van der Waals surface area contributed by atoms with Crippen molar-refractivity contribution in [1.82, 2.24) is 14.5 Å². The van der Waals surface area contributed by atoms with Gasteiger partial charge >= 0.3 is 0 Å². The first-order valence-electron chi connectivity index (χ1n) is 29.4. The van der Waals surface area contributed by atoms with Gasteiger partial charge in [-0.1, -0.05) is 183 Å². The average Bonchev–Trinajstić information content (AvgIpc) is 3.05. The SMILES string of the molecule is [2H]c1nc(-c2[c-]c(-c3cccc4c3nc(-c3ccccc3O)n4-c3cc(-c4ccccc4)c(C([2H])([2H])[2H])cc3-c3ccccc3)cc(-c3ccccc3)c2)c([2H])c(-c2c([2H])c([2H])c(C(C([2H])([2H])[2H])(C([2H])([2H])[2H])C([2H])([2H])[2H])c([2H])c2[2H])c1[2H].[Pt]. The van der Waals surface area contributed by atoms with E-state index in [4.69, 9.17) is 26.9 Å². The molecule has 0 amide bonds. The fourth-order valence-electron chi connectivity index (χ4n) is 7.72. The van der Waals surface area contributed by atoms with Crippen molar-refractivity contribution in [2.45, 2.75) is 32.8 Å². The van der Waals surface area contributed by atoms with E-state index in [1.807, 2.05) is 89.5 Å². The maximum atomic E-state index is 11.6. The summed E-state index contributed by atoms with van der Waals surface area (Å²) in [6.07, 6.45) is -0.800. The van der Waals surface area contributed by atoms with Crippen molar-refractivity contribution >= 4 is 11.0 Å². The Kier molecular flexibility index (Phi) is 6.92. The molecule has 4 nitrogen and oxygen atoms in total. The molecule has 8 aromatic carbocycles. The summed E-state index contributed by atoms with van der Waals surface area (Å²) in [6.45, 7) is -14.4. The van der Waals surface area contributed by atoms with Crippen LogP contribution in [0.2, 0.25) is 0 Å². The normalized spacial score (nSPS) is 16.5. The summed E-state index contributed by atoms with van der Waals surface area (Å²) in [5.41, 5.74) is -1.12. The second kappa shape index (κ2) is 17.6. The summed E-state index contributed by atoms with van der Waals surface area (Å²) in [5, 5.41) is 11.6. The van der Waals surface area contributed by atoms with Gasteiger partial charge in [0.1, 0.15) is 11.6 Å². The van der Waals surface area contributed by atoms with Crippen LogP contribution in [0.5, 0.6) is 5.75 Å². The predicted molar refractivity (Wildman–Crippen MR) is 261 cm³/mol. The number of phenols is 1. The minimum atomic E-state index is -3.95. The number of pyridine rings is 1. The third-order valence-electron chi connectivity index (χ3n) is 10.7. The number of benzene rings is 8. The van der Waals surface area contributed by atoms with Crippen LogP contribution < -0.4 is 0 Å². The Morgan fingerprint density at radius 3 is 1.91 bits per heavy atom. The molecule has 2 heterocycles. The largest absolute Gasteiger partial charge is 0.507 e. The summed E-state index contributed by atoms with van der Waals surface area (Å²) in [7, 11) is 0. The fraction of sp³-hybridized carbons (Fsp3) is 0.0847. The van der Waals surface area contributed by atoms with Crippen LogP contribution in [-0.4, -0.2) is 19.6 Å². The topological polar surface area (TPSA) is 50.9 Å². The molecule has 2 aromatic heterocycles. The standard InChI is InChI=1S/C59H46N3O.Pt/c1-39-33-52(43-21-12-7-13-22-43)55(38-51(39)42-19-10-6-11-20-42)62-54-25-16-24-49(57(54)61-58(62)50-23-14-15-26-56(50)63)46-34-45(40-17-8-5-9-18-40)35-47(36-46)53-37-44(31-32-60-53)41-27-29-48(30-28-41)59(2,3)4;/h5-35,37-38,63H,1-4H3;/q-1;/i1D3,2D3,3D3,4D3,27D,28D,29D,30D,31D,32D,37D;. The summed E-state index contributed by atoms with van der Waals surface area (Å²) in [4.78, 5) is 9.65. The van der Waals surface area contributed by atoms with Crippen molar-refractivity contribution < 1.29 is 52.2 Å². The number of aromatic nitrogens is 3. The van der Waals surface area contributed by atoms with Gasteiger partial charge in [0.15, 0.2) is 0 Å². The Balaban J connectivity index is 0.00000828. The number of hydrogen-bond donors (Lipinski definition) is 1. The maximum absolute atomic E-state index is 11.6. The summed E-state index contributed by atoms with van der Waals surface area (Å²) in [6, 6.07) is 43.1. The van der Waals surface area contributed by atoms with Crippen LogP contribution in [0.1, 0.15) is 57.7 Å². The van der Waals surface area contributed by atoms with Crippen molar-refractivity contribution in [1.29, 1.82) is 0 Å². The zero-order valence-corrected chi connectivity index (χ0v) is 35.9. The zero-order chi connectivity index (χ0) is 59.2. The second-order valence-corrected chi connectivity index (χ2v) is 14.9. The first-order chi connectivity index (χ1) is 38.6. The van der Waals surface area contributed by atoms with Crippen LogP contribution in [0.15, 0.2) is 200 Å². The molecule has 0 atom stereocenters. The monoisotopic (exact) mass is 1030 g/mol. The van der Waals surface area contributed by atoms with E-state index in [2.05, 4.69) is 11.1 Å². The molecule has 0 saturated carbocycles. The van der Waals surface area contributed by atoms with E-state index in [1.54, 1.807) is 66.7 Å². The Labute approximate surface area is 416 Å². The van der Waals surface area contributed by atoms with Crippen LogP contribution in [0.3, 0.4) is 0 Å². The molecule has 0 aliphatic heterocycles. The second-order valence-electron chi connectivity index (χ2n) is 14.9. The average molecular weight is 1030 g/mol. The fourth-order valence-corrected chi connectivity index (χ4v) is 7.72. The molecular formula is C59H46N3OPt-. The number of nitrogens with zero attached hydrogens (tertiary/aromatic N) is 3. The van der Waals surface area contributed by atoms with E-state index >= 15 is 0 Å². The number of fused-ring (bicyclic) bond motifs is 1. The molecule has 10 aromatic rings. The number of rotatable bonds is 8. The Hall–Kier alpha value is -7.13. The molecule has 0 spiro atoms. The first-order valence-corrected chi connectivity index (χ1v) is 19.9. The van der Waals surface area contributed by atoms with E-state index in [-0.39, 0.29) is 49.5 Å². The Morgan fingerprint density at radius 2 is 1.22 bits per heavy atom. The summed E-state index contributed by atoms with van der Waals surface area (Å²) in [5.74, 6) is 0.155. The van der Waals surface area contributed by atoms with E-state index < -0.39 is 91.9 Å². The quantitative estimate of drug-likeness (QED) is 0.154. The number of hydrogen-bond acceptors (Lipinski definition) is 3.